The highest BCUT2D eigenvalue weighted by atomic mass is 79.9. The zero-order chi connectivity index (χ0) is 22.1. The lowest BCUT2D eigenvalue weighted by atomic mass is 9.84. The van der Waals surface area contributed by atoms with E-state index in [1.807, 2.05) is 25.1 Å². The van der Waals surface area contributed by atoms with E-state index in [1.54, 1.807) is 18.1 Å². The van der Waals surface area contributed by atoms with Gasteiger partial charge in [0.1, 0.15) is 17.2 Å². The molecule has 2 aromatic carbocycles. The first kappa shape index (κ1) is 21.5. The number of nitrogens with zero attached hydrogens (tertiary/aromatic N) is 1. The summed E-state index contributed by atoms with van der Waals surface area (Å²) in [7, 11) is 1.61. The van der Waals surface area contributed by atoms with Gasteiger partial charge >= 0.3 is 6.09 Å². The summed E-state index contributed by atoms with van der Waals surface area (Å²) in [5.41, 5.74) is 2.57. The van der Waals surface area contributed by atoms with E-state index in [2.05, 4.69) is 21.2 Å². The topological polar surface area (TPSA) is 88.1 Å². The Balaban J connectivity index is 1.37. The number of ether oxygens (including phenoxy) is 2. The maximum absolute atomic E-state index is 12.8. The lowest BCUT2D eigenvalue weighted by molar-refractivity contribution is -0.121. The SMILES string of the molecule is COc1cc(NC(=O)C2CCC(N3Cc4c(Br)cc(O)cc4OC3=O)CC2)ccc1C. The standard InChI is InChI=1S/C23H25BrN2O5/c1-13-3-6-15(9-20(13)30-2)25-22(28)14-4-7-16(8-5-14)26-12-18-19(24)10-17(27)11-21(18)31-23(26)29/h3,6,9-11,14,16,27H,4-5,7-8,12H2,1-2H3,(H,25,28). The third-order valence-corrected chi connectivity index (χ3v) is 6.79. The zero-order valence-electron chi connectivity index (χ0n) is 17.5. The van der Waals surface area contributed by atoms with Gasteiger partial charge in [-0.2, -0.15) is 0 Å². The number of carbonyl (C=O) groups is 2. The molecule has 0 aromatic heterocycles. The molecule has 1 aliphatic heterocycles. The lowest BCUT2D eigenvalue weighted by Crippen LogP contribution is -2.46. The van der Waals surface area contributed by atoms with Gasteiger partial charge in [0.25, 0.3) is 0 Å². The average Bonchev–Trinajstić information content (AvgIpc) is 2.74. The number of halogens is 1. The molecule has 4 rings (SSSR count). The fraction of sp³-hybridized carbons (Fsp3) is 0.391. The highest BCUT2D eigenvalue weighted by Gasteiger charge is 2.36. The number of hydrogen-bond donors (Lipinski definition) is 2. The van der Waals surface area contributed by atoms with Gasteiger partial charge in [-0.05, 0) is 50.3 Å². The Morgan fingerprint density at radius 3 is 2.68 bits per heavy atom. The normalized spacial score (nSPS) is 20.6. The molecule has 1 aliphatic carbocycles. The molecular weight excluding hydrogens is 464 g/mol. The summed E-state index contributed by atoms with van der Waals surface area (Å²) in [4.78, 5) is 27.0. The third-order valence-electron chi connectivity index (χ3n) is 6.08. The Kier molecular flexibility index (Phi) is 6.09. The van der Waals surface area contributed by atoms with Crippen LogP contribution in [0.5, 0.6) is 17.2 Å². The van der Waals surface area contributed by atoms with Crippen molar-refractivity contribution in [1.82, 2.24) is 4.90 Å². The molecule has 0 bridgehead atoms. The zero-order valence-corrected chi connectivity index (χ0v) is 19.1. The molecule has 0 spiro atoms. The predicted molar refractivity (Wildman–Crippen MR) is 119 cm³/mol. The van der Waals surface area contributed by atoms with Crippen LogP contribution in [-0.4, -0.2) is 35.2 Å². The quantitative estimate of drug-likeness (QED) is 0.633. The summed E-state index contributed by atoms with van der Waals surface area (Å²) in [6.45, 7) is 2.37. The monoisotopic (exact) mass is 488 g/mol. The van der Waals surface area contributed by atoms with Crippen LogP contribution < -0.4 is 14.8 Å². The Labute approximate surface area is 189 Å². The molecule has 1 fully saturated rings. The number of anilines is 1. The molecule has 1 heterocycles. The van der Waals surface area contributed by atoms with Crippen LogP contribution in [0.25, 0.3) is 0 Å². The van der Waals surface area contributed by atoms with Crippen LogP contribution in [0.2, 0.25) is 0 Å². The maximum Gasteiger partial charge on any atom is 0.415 e. The van der Waals surface area contributed by atoms with Crippen molar-refractivity contribution in [3.8, 4) is 17.2 Å². The maximum atomic E-state index is 12.8. The first-order valence-electron chi connectivity index (χ1n) is 10.3. The van der Waals surface area contributed by atoms with Crippen LogP contribution in [0.1, 0.15) is 36.8 Å². The molecule has 2 amide bonds. The number of hydrogen-bond acceptors (Lipinski definition) is 5. The number of nitrogens with one attached hydrogen (secondary N) is 1. The van der Waals surface area contributed by atoms with Gasteiger partial charge in [-0.3, -0.25) is 4.79 Å². The number of phenolic OH excluding ortho intramolecular Hbond substituents is 1. The second-order valence-corrected chi connectivity index (χ2v) is 8.93. The van der Waals surface area contributed by atoms with Crippen molar-refractivity contribution >= 4 is 33.6 Å². The number of aryl methyl sites for hydroxylation is 1. The number of benzene rings is 2. The van der Waals surface area contributed by atoms with E-state index in [1.165, 1.54) is 6.07 Å². The van der Waals surface area contributed by atoms with Crippen molar-refractivity contribution in [3.05, 3.63) is 45.9 Å². The number of aromatic hydroxyl groups is 1. The lowest BCUT2D eigenvalue weighted by Gasteiger charge is -2.38. The van der Waals surface area contributed by atoms with Gasteiger partial charge in [0.2, 0.25) is 5.91 Å². The van der Waals surface area contributed by atoms with E-state index in [0.717, 1.165) is 35.4 Å². The molecule has 0 radical (unpaired) electrons. The van der Waals surface area contributed by atoms with Gasteiger partial charge in [0, 0.05) is 39.8 Å². The summed E-state index contributed by atoms with van der Waals surface area (Å²) in [6, 6.07) is 8.69. The molecule has 1 saturated carbocycles. The Hall–Kier alpha value is -2.74. The number of amides is 2. The molecule has 2 aliphatic rings. The molecule has 164 valence electrons. The summed E-state index contributed by atoms with van der Waals surface area (Å²) in [5, 5.41) is 12.7. The molecular formula is C23H25BrN2O5. The Morgan fingerprint density at radius 1 is 1.23 bits per heavy atom. The van der Waals surface area contributed by atoms with E-state index in [9.17, 15) is 14.7 Å². The minimum Gasteiger partial charge on any atom is -0.508 e. The van der Waals surface area contributed by atoms with Crippen LogP contribution in [0.15, 0.2) is 34.8 Å². The van der Waals surface area contributed by atoms with E-state index in [0.29, 0.717) is 29.6 Å². The van der Waals surface area contributed by atoms with Crippen molar-refractivity contribution < 1.29 is 24.2 Å². The highest BCUT2D eigenvalue weighted by molar-refractivity contribution is 9.10. The second kappa shape index (κ2) is 8.78. The summed E-state index contributed by atoms with van der Waals surface area (Å²) in [6.07, 6.45) is 2.45. The Bertz CT molecular complexity index is 1020. The van der Waals surface area contributed by atoms with E-state index < -0.39 is 6.09 Å². The summed E-state index contributed by atoms with van der Waals surface area (Å²) < 4.78 is 11.5. The number of fused-ring (bicyclic) bond motifs is 1. The molecule has 2 aromatic rings. The number of methoxy groups -OCH3 is 1. The van der Waals surface area contributed by atoms with Gasteiger partial charge in [-0.25, -0.2) is 4.79 Å². The van der Waals surface area contributed by atoms with Crippen LogP contribution in [-0.2, 0) is 11.3 Å². The number of phenols is 1. The predicted octanol–water partition coefficient (Wildman–Crippen LogP) is 4.98. The van der Waals surface area contributed by atoms with Crippen molar-refractivity contribution in [2.75, 3.05) is 12.4 Å². The number of carbonyl (C=O) groups excluding carboxylic acids is 2. The van der Waals surface area contributed by atoms with Crippen LogP contribution in [0, 0.1) is 12.8 Å². The van der Waals surface area contributed by atoms with Crippen molar-refractivity contribution in [3.63, 3.8) is 0 Å². The highest BCUT2D eigenvalue weighted by Crippen LogP contribution is 2.39. The van der Waals surface area contributed by atoms with E-state index in [-0.39, 0.29) is 23.6 Å². The molecule has 8 heteroatoms. The summed E-state index contributed by atoms with van der Waals surface area (Å²) >= 11 is 3.44. The van der Waals surface area contributed by atoms with Gasteiger partial charge < -0.3 is 24.8 Å². The first-order chi connectivity index (χ1) is 14.9. The molecule has 7 nitrogen and oxygen atoms in total. The average molecular weight is 489 g/mol. The van der Waals surface area contributed by atoms with E-state index >= 15 is 0 Å². The first-order valence-corrected chi connectivity index (χ1v) is 11.1. The van der Waals surface area contributed by atoms with Crippen LogP contribution in [0.3, 0.4) is 0 Å². The van der Waals surface area contributed by atoms with Crippen molar-refractivity contribution in [2.24, 2.45) is 5.92 Å². The minimum absolute atomic E-state index is 0.00542. The summed E-state index contributed by atoms with van der Waals surface area (Å²) in [5.74, 6) is 1.07. The van der Waals surface area contributed by atoms with Gasteiger partial charge in [0.15, 0.2) is 0 Å². The molecule has 0 atom stereocenters. The van der Waals surface area contributed by atoms with Gasteiger partial charge in [0.05, 0.1) is 13.7 Å². The van der Waals surface area contributed by atoms with Gasteiger partial charge in [-0.15, -0.1) is 0 Å². The fourth-order valence-corrected chi connectivity index (χ4v) is 4.86. The second-order valence-electron chi connectivity index (χ2n) is 8.08. The van der Waals surface area contributed by atoms with E-state index in [4.69, 9.17) is 9.47 Å². The van der Waals surface area contributed by atoms with Crippen LogP contribution >= 0.6 is 15.9 Å². The molecule has 0 saturated heterocycles. The molecule has 0 unspecified atom stereocenters. The molecule has 31 heavy (non-hydrogen) atoms. The smallest absolute Gasteiger partial charge is 0.415 e. The Morgan fingerprint density at radius 2 is 1.97 bits per heavy atom. The largest absolute Gasteiger partial charge is 0.508 e. The fourth-order valence-electron chi connectivity index (χ4n) is 4.30. The van der Waals surface area contributed by atoms with Crippen molar-refractivity contribution in [2.45, 2.75) is 45.2 Å². The van der Waals surface area contributed by atoms with Crippen molar-refractivity contribution in [1.29, 1.82) is 0 Å². The molecule has 2 N–H and O–H groups in total. The van der Waals surface area contributed by atoms with Crippen LogP contribution in [0.4, 0.5) is 10.5 Å². The third kappa shape index (κ3) is 4.49. The number of rotatable bonds is 4. The minimum atomic E-state index is -0.412. The van der Waals surface area contributed by atoms with Gasteiger partial charge in [-0.1, -0.05) is 22.0 Å².